The van der Waals surface area contributed by atoms with E-state index in [0.717, 1.165) is 12.1 Å². The van der Waals surface area contributed by atoms with Gasteiger partial charge in [0.15, 0.2) is 0 Å². The summed E-state index contributed by atoms with van der Waals surface area (Å²) in [4.78, 5) is 17.5. The van der Waals surface area contributed by atoms with Crippen LogP contribution in [-0.4, -0.2) is 31.4 Å². The summed E-state index contributed by atoms with van der Waals surface area (Å²) in [7, 11) is 0. The summed E-state index contributed by atoms with van der Waals surface area (Å²) in [6.45, 7) is 1.69. The van der Waals surface area contributed by atoms with Gasteiger partial charge in [-0.3, -0.25) is 9.48 Å². The van der Waals surface area contributed by atoms with E-state index in [1.807, 2.05) is 0 Å². The van der Waals surface area contributed by atoms with Crippen molar-refractivity contribution in [1.29, 1.82) is 0 Å². The molecule has 1 amide bonds. The Morgan fingerprint density at radius 1 is 1.09 bits per heavy atom. The number of pyridine rings is 1. The number of nitrogens with one attached hydrogen (secondary N) is 1. The molecule has 0 radical (unpaired) electrons. The normalized spacial score (nSPS) is 16.3. The number of hydrogen-bond donors (Lipinski definition) is 2. The highest BCUT2D eigenvalue weighted by Crippen LogP contribution is 2.52. The number of amides is 1. The SMILES string of the molecule is CC(C)(O)C#Cc1ccc(Br)c(C(Cc2cc(F)cc(F)c2)NC(=O)Cn2nc(C(F)F)c3c2C(F)(F)CCC3(F)F)n1. The van der Waals surface area contributed by atoms with E-state index in [9.17, 15) is 45.0 Å². The number of halogens is 9. The molecule has 2 aromatic heterocycles. The summed E-state index contributed by atoms with van der Waals surface area (Å²) < 4.78 is 114. The van der Waals surface area contributed by atoms with E-state index in [-0.39, 0.29) is 32.5 Å². The number of fused-ring (bicyclic) bond motifs is 1. The fourth-order valence-electron chi connectivity index (χ4n) is 4.58. The van der Waals surface area contributed by atoms with Crippen LogP contribution < -0.4 is 5.32 Å². The second kappa shape index (κ2) is 11.9. The summed E-state index contributed by atoms with van der Waals surface area (Å²) in [5.41, 5.74) is -5.81. The largest absolute Gasteiger partial charge is 0.378 e. The van der Waals surface area contributed by atoms with Gasteiger partial charge in [0.2, 0.25) is 5.91 Å². The minimum atomic E-state index is -4.03. The molecule has 0 saturated heterocycles. The third kappa shape index (κ3) is 7.53. The first kappa shape index (κ1) is 32.4. The van der Waals surface area contributed by atoms with Gasteiger partial charge in [-0.05, 0) is 71.9 Å². The summed E-state index contributed by atoms with van der Waals surface area (Å²) in [5, 5.41) is 15.6. The Hall–Kier alpha value is -3.51. The number of rotatable bonds is 7. The van der Waals surface area contributed by atoms with Crippen molar-refractivity contribution in [2.75, 3.05) is 0 Å². The van der Waals surface area contributed by atoms with Crippen LogP contribution in [0.2, 0.25) is 0 Å². The Kier molecular flexibility index (Phi) is 8.95. The van der Waals surface area contributed by atoms with Gasteiger partial charge in [-0.2, -0.15) is 13.9 Å². The minimum Gasteiger partial charge on any atom is -0.378 e. The van der Waals surface area contributed by atoms with Crippen LogP contribution in [-0.2, 0) is 29.6 Å². The summed E-state index contributed by atoms with van der Waals surface area (Å²) in [6, 6.07) is 4.32. The Morgan fingerprint density at radius 2 is 1.72 bits per heavy atom. The minimum absolute atomic E-state index is 0.0482. The molecule has 2 N–H and O–H groups in total. The van der Waals surface area contributed by atoms with Crippen molar-refractivity contribution in [3.05, 3.63) is 80.3 Å². The molecule has 230 valence electrons. The molecule has 15 heteroatoms. The highest BCUT2D eigenvalue weighted by atomic mass is 79.9. The zero-order valence-electron chi connectivity index (χ0n) is 22.5. The van der Waals surface area contributed by atoms with Crippen LogP contribution in [0, 0.1) is 23.5 Å². The molecule has 0 spiro atoms. The molecule has 1 unspecified atom stereocenters. The van der Waals surface area contributed by atoms with Gasteiger partial charge in [0.05, 0.1) is 17.3 Å². The Labute approximate surface area is 248 Å². The molecule has 2 heterocycles. The van der Waals surface area contributed by atoms with Gasteiger partial charge >= 0.3 is 0 Å². The molecule has 0 saturated carbocycles. The van der Waals surface area contributed by atoms with E-state index in [1.54, 1.807) is 0 Å². The van der Waals surface area contributed by atoms with Gasteiger partial charge in [-0.25, -0.2) is 31.3 Å². The third-order valence-electron chi connectivity index (χ3n) is 6.34. The van der Waals surface area contributed by atoms with Crippen LogP contribution >= 0.6 is 15.9 Å². The topological polar surface area (TPSA) is 80.0 Å². The number of hydrogen-bond acceptors (Lipinski definition) is 4. The van der Waals surface area contributed by atoms with Gasteiger partial charge in [0.25, 0.3) is 18.3 Å². The molecule has 3 aromatic rings. The van der Waals surface area contributed by atoms with E-state index < -0.39 is 83.8 Å². The van der Waals surface area contributed by atoms with Gasteiger partial charge in [0.1, 0.15) is 40.9 Å². The molecule has 6 nitrogen and oxygen atoms in total. The summed E-state index contributed by atoms with van der Waals surface area (Å²) in [6.07, 6.45) is -6.67. The quantitative estimate of drug-likeness (QED) is 0.222. The number of aliphatic hydroxyl groups is 1. The monoisotopic (exact) mass is 678 g/mol. The van der Waals surface area contributed by atoms with Crippen molar-refractivity contribution in [3.63, 3.8) is 0 Å². The van der Waals surface area contributed by atoms with Crippen molar-refractivity contribution in [2.24, 2.45) is 0 Å². The third-order valence-corrected chi connectivity index (χ3v) is 7.01. The van der Waals surface area contributed by atoms with Crippen LogP contribution in [0.4, 0.5) is 35.1 Å². The second-order valence-electron chi connectivity index (χ2n) is 10.5. The molecule has 43 heavy (non-hydrogen) atoms. The maximum Gasteiger partial charge on any atom is 0.290 e. The summed E-state index contributed by atoms with van der Waals surface area (Å²) in [5.74, 6) is -5.79. The number of nitrogens with zero attached hydrogens (tertiary/aromatic N) is 3. The molecule has 0 aliphatic heterocycles. The first-order valence-corrected chi connectivity index (χ1v) is 13.5. The molecule has 0 fully saturated rings. The maximum absolute atomic E-state index is 14.8. The smallest absolute Gasteiger partial charge is 0.290 e. The maximum atomic E-state index is 14.8. The predicted molar refractivity (Wildman–Crippen MR) is 140 cm³/mol. The average molecular weight is 679 g/mol. The lowest BCUT2D eigenvalue weighted by molar-refractivity contribution is -0.123. The van der Waals surface area contributed by atoms with Crippen molar-refractivity contribution in [1.82, 2.24) is 20.1 Å². The lowest BCUT2D eigenvalue weighted by Gasteiger charge is -2.29. The predicted octanol–water partition coefficient (Wildman–Crippen LogP) is 6.46. The van der Waals surface area contributed by atoms with Crippen LogP contribution in [0.5, 0.6) is 0 Å². The first-order chi connectivity index (χ1) is 19.9. The molecule has 1 aromatic carbocycles. The van der Waals surface area contributed by atoms with E-state index in [4.69, 9.17) is 0 Å². The van der Waals surface area contributed by atoms with Gasteiger partial charge in [-0.1, -0.05) is 5.92 Å². The van der Waals surface area contributed by atoms with Crippen LogP contribution in [0.3, 0.4) is 0 Å². The van der Waals surface area contributed by atoms with Gasteiger partial charge < -0.3 is 10.4 Å². The second-order valence-corrected chi connectivity index (χ2v) is 11.3. The number of carbonyl (C=O) groups is 1. The lowest BCUT2D eigenvalue weighted by Crippen LogP contribution is -2.37. The molecular weight excluding hydrogens is 656 g/mol. The van der Waals surface area contributed by atoms with E-state index in [1.165, 1.54) is 26.0 Å². The van der Waals surface area contributed by atoms with Crippen LogP contribution in [0.15, 0.2) is 34.8 Å². The average Bonchev–Trinajstić information content (AvgIpc) is 3.27. The lowest BCUT2D eigenvalue weighted by atomic mass is 9.89. The number of aromatic nitrogens is 3. The number of benzene rings is 1. The van der Waals surface area contributed by atoms with Crippen LogP contribution in [0.25, 0.3) is 0 Å². The Bertz CT molecular complexity index is 1590. The zero-order valence-corrected chi connectivity index (χ0v) is 24.1. The molecule has 1 aliphatic rings. The first-order valence-electron chi connectivity index (χ1n) is 12.7. The standard InChI is InChI=1S/C28H23BrF8N4O2/c1-26(2,43)6-5-17-3-4-18(29)22(38-17)19(11-14-9-15(30)12-16(31)10-14)39-20(42)13-41-24-21(23(40-41)25(32)33)27(34,35)7-8-28(24,36)37/h3-4,9-10,12,19,25,43H,7-8,11,13H2,1-2H3,(H,39,42). The number of carbonyl (C=O) groups excluding carboxylic acids is 1. The van der Waals surface area contributed by atoms with Gasteiger partial charge in [-0.15, -0.1) is 0 Å². The fourth-order valence-corrected chi connectivity index (χ4v) is 5.08. The van der Waals surface area contributed by atoms with E-state index >= 15 is 0 Å². The van der Waals surface area contributed by atoms with Crippen molar-refractivity contribution in [3.8, 4) is 11.8 Å². The molecular formula is C28H23BrF8N4O2. The molecule has 0 bridgehead atoms. The molecule has 4 rings (SSSR count). The van der Waals surface area contributed by atoms with Crippen molar-refractivity contribution < 1.29 is 45.0 Å². The van der Waals surface area contributed by atoms with E-state index in [0.29, 0.717) is 6.07 Å². The number of alkyl halides is 6. The van der Waals surface area contributed by atoms with Gasteiger partial charge in [0, 0.05) is 23.4 Å². The van der Waals surface area contributed by atoms with Crippen molar-refractivity contribution >= 4 is 21.8 Å². The highest BCUT2D eigenvalue weighted by Gasteiger charge is 2.55. The van der Waals surface area contributed by atoms with Crippen molar-refractivity contribution in [2.45, 2.75) is 69.6 Å². The fraction of sp³-hybridized carbons (Fsp3) is 0.393. The highest BCUT2D eigenvalue weighted by molar-refractivity contribution is 9.10. The molecule has 1 aliphatic carbocycles. The zero-order chi connectivity index (χ0) is 31.9. The summed E-state index contributed by atoms with van der Waals surface area (Å²) >= 11 is 3.27. The Balaban J connectivity index is 1.74. The Morgan fingerprint density at radius 3 is 2.33 bits per heavy atom. The van der Waals surface area contributed by atoms with E-state index in [2.05, 4.69) is 43.2 Å². The molecule has 1 atom stereocenters. The van der Waals surface area contributed by atoms with Crippen LogP contribution in [0.1, 0.15) is 73.1 Å².